The summed E-state index contributed by atoms with van der Waals surface area (Å²) in [5.41, 5.74) is 3.82. The van der Waals surface area contributed by atoms with Crippen molar-refractivity contribution < 1.29 is 0 Å². The Morgan fingerprint density at radius 2 is 2.44 bits per heavy atom. The average molecular weight is 241 g/mol. The number of pyridine rings is 1. The zero-order chi connectivity index (χ0) is 12.8. The van der Waals surface area contributed by atoms with Gasteiger partial charge in [0, 0.05) is 38.2 Å². The van der Waals surface area contributed by atoms with Crippen LogP contribution in [0.3, 0.4) is 0 Å². The number of aromatic nitrogens is 1. The van der Waals surface area contributed by atoms with Crippen LogP contribution in [0.5, 0.6) is 0 Å². The highest BCUT2D eigenvalue weighted by Crippen LogP contribution is 2.27. The molecule has 1 N–H and O–H groups in total. The number of aliphatic imine (C=N–C) groups is 1. The third-order valence-corrected chi connectivity index (χ3v) is 3.17. The van der Waals surface area contributed by atoms with Crippen LogP contribution in [0.2, 0.25) is 0 Å². The fourth-order valence-corrected chi connectivity index (χ4v) is 2.24. The zero-order valence-corrected chi connectivity index (χ0v) is 10.9. The summed E-state index contributed by atoms with van der Waals surface area (Å²) in [6.45, 7) is 2.95. The molecule has 1 aromatic rings. The Morgan fingerprint density at radius 1 is 1.56 bits per heavy atom. The Kier molecular flexibility index (Phi) is 4.42. The fourth-order valence-electron chi connectivity index (χ4n) is 2.24. The predicted octanol–water partition coefficient (Wildman–Crippen LogP) is 2.69. The maximum atomic E-state index is 4.19. The Bertz CT molecular complexity index is 472. The molecule has 0 aliphatic carbocycles. The molecule has 0 saturated carbocycles. The lowest BCUT2D eigenvalue weighted by molar-refractivity contribution is 0.541. The van der Waals surface area contributed by atoms with Crippen molar-refractivity contribution in [2.75, 3.05) is 13.6 Å². The molecule has 1 aromatic heterocycles. The van der Waals surface area contributed by atoms with Crippen molar-refractivity contribution >= 4 is 6.21 Å². The first-order valence-corrected chi connectivity index (χ1v) is 6.26. The molecule has 0 aromatic carbocycles. The van der Waals surface area contributed by atoms with Gasteiger partial charge < -0.3 is 5.32 Å². The highest BCUT2D eigenvalue weighted by Gasteiger charge is 2.17. The summed E-state index contributed by atoms with van der Waals surface area (Å²) in [5, 5.41) is 3.50. The van der Waals surface area contributed by atoms with E-state index in [1.807, 2.05) is 31.7 Å². The SMILES string of the molecule is C/C=C(\C=NC)C1=CCNC(c2cccnc2)C1. The lowest BCUT2D eigenvalue weighted by Crippen LogP contribution is -2.26. The number of nitrogens with one attached hydrogen (secondary N) is 1. The van der Waals surface area contributed by atoms with E-state index in [1.54, 1.807) is 0 Å². The first-order chi connectivity index (χ1) is 8.85. The maximum Gasteiger partial charge on any atom is 0.0378 e. The van der Waals surface area contributed by atoms with E-state index >= 15 is 0 Å². The molecule has 2 heterocycles. The molecule has 0 fully saturated rings. The van der Waals surface area contributed by atoms with Crippen molar-refractivity contribution in [2.45, 2.75) is 19.4 Å². The average Bonchev–Trinajstić information content (AvgIpc) is 2.46. The normalized spacial score (nSPS) is 21.1. The number of hydrogen-bond acceptors (Lipinski definition) is 3. The molecule has 0 radical (unpaired) electrons. The number of rotatable bonds is 3. The maximum absolute atomic E-state index is 4.19. The molecule has 1 aliphatic heterocycles. The molecule has 0 bridgehead atoms. The monoisotopic (exact) mass is 241 g/mol. The third-order valence-electron chi connectivity index (χ3n) is 3.17. The molecule has 1 atom stereocenters. The summed E-state index contributed by atoms with van der Waals surface area (Å²) >= 11 is 0. The molecular weight excluding hydrogens is 222 g/mol. The van der Waals surface area contributed by atoms with E-state index < -0.39 is 0 Å². The lowest BCUT2D eigenvalue weighted by Gasteiger charge is -2.24. The molecule has 3 heteroatoms. The van der Waals surface area contributed by atoms with E-state index in [2.05, 4.69) is 40.4 Å². The van der Waals surface area contributed by atoms with Gasteiger partial charge in [0.25, 0.3) is 0 Å². The van der Waals surface area contributed by atoms with Crippen LogP contribution in [0.1, 0.15) is 24.9 Å². The molecule has 0 amide bonds. The summed E-state index contributed by atoms with van der Waals surface area (Å²) in [5.74, 6) is 0. The lowest BCUT2D eigenvalue weighted by atomic mass is 9.92. The van der Waals surface area contributed by atoms with Crippen molar-refractivity contribution in [2.24, 2.45) is 4.99 Å². The highest BCUT2D eigenvalue weighted by atomic mass is 14.9. The Morgan fingerprint density at radius 3 is 3.11 bits per heavy atom. The minimum atomic E-state index is 0.346. The van der Waals surface area contributed by atoms with Gasteiger partial charge in [0.1, 0.15) is 0 Å². The Labute approximate surface area is 108 Å². The summed E-state index contributed by atoms with van der Waals surface area (Å²) in [6.07, 6.45) is 11.0. The second-order valence-corrected chi connectivity index (χ2v) is 4.31. The summed E-state index contributed by atoms with van der Waals surface area (Å²) in [6, 6.07) is 4.45. The minimum Gasteiger partial charge on any atom is -0.306 e. The molecule has 0 saturated heterocycles. The number of nitrogens with zero attached hydrogens (tertiary/aromatic N) is 2. The Hall–Kier alpha value is -1.74. The Balaban J connectivity index is 2.16. The van der Waals surface area contributed by atoms with Gasteiger partial charge in [0.15, 0.2) is 0 Å². The topological polar surface area (TPSA) is 37.3 Å². The van der Waals surface area contributed by atoms with Gasteiger partial charge in [0.05, 0.1) is 0 Å². The first-order valence-electron chi connectivity index (χ1n) is 6.26. The summed E-state index contributed by atoms with van der Waals surface area (Å²) < 4.78 is 0. The smallest absolute Gasteiger partial charge is 0.0378 e. The number of allylic oxidation sites excluding steroid dienone is 2. The highest BCUT2D eigenvalue weighted by molar-refractivity contribution is 5.84. The van der Waals surface area contributed by atoms with Crippen molar-refractivity contribution in [3.05, 3.63) is 53.4 Å². The third kappa shape index (κ3) is 2.93. The van der Waals surface area contributed by atoms with Gasteiger partial charge in [-0.25, -0.2) is 0 Å². The first kappa shape index (κ1) is 12.7. The summed E-state index contributed by atoms with van der Waals surface area (Å²) in [7, 11) is 1.81. The van der Waals surface area contributed by atoms with Crippen LogP contribution in [-0.4, -0.2) is 24.8 Å². The van der Waals surface area contributed by atoms with E-state index in [4.69, 9.17) is 0 Å². The molecule has 0 spiro atoms. The molecule has 1 aliphatic rings. The van der Waals surface area contributed by atoms with Crippen LogP contribution in [0.15, 0.2) is 52.8 Å². The van der Waals surface area contributed by atoms with Crippen molar-refractivity contribution in [1.82, 2.24) is 10.3 Å². The van der Waals surface area contributed by atoms with Crippen LogP contribution in [0, 0.1) is 0 Å². The van der Waals surface area contributed by atoms with Gasteiger partial charge in [-0.3, -0.25) is 9.98 Å². The van der Waals surface area contributed by atoms with Crippen molar-refractivity contribution in [3.8, 4) is 0 Å². The van der Waals surface area contributed by atoms with Gasteiger partial charge >= 0.3 is 0 Å². The largest absolute Gasteiger partial charge is 0.306 e. The van der Waals surface area contributed by atoms with Gasteiger partial charge in [-0.1, -0.05) is 18.2 Å². The van der Waals surface area contributed by atoms with E-state index in [-0.39, 0.29) is 0 Å². The zero-order valence-electron chi connectivity index (χ0n) is 10.9. The summed E-state index contributed by atoms with van der Waals surface area (Å²) in [4.78, 5) is 8.30. The second kappa shape index (κ2) is 6.26. The molecule has 94 valence electrons. The molecule has 2 rings (SSSR count). The van der Waals surface area contributed by atoms with E-state index in [0.717, 1.165) is 13.0 Å². The second-order valence-electron chi connectivity index (χ2n) is 4.31. The quantitative estimate of drug-likeness (QED) is 0.826. The van der Waals surface area contributed by atoms with E-state index in [1.165, 1.54) is 16.7 Å². The molecular formula is C15H19N3. The van der Waals surface area contributed by atoms with Crippen LogP contribution in [0.4, 0.5) is 0 Å². The number of hydrogen-bond donors (Lipinski definition) is 1. The van der Waals surface area contributed by atoms with Gasteiger partial charge in [-0.05, 0) is 36.1 Å². The van der Waals surface area contributed by atoms with Gasteiger partial charge in [-0.15, -0.1) is 0 Å². The fraction of sp³-hybridized carbons (Fsp3) is 0.333. The van der Waals surface area contributed by atoms with E-state index in [0.29, 0.717) is 6.04 Å². The van der Waals surface area contributed by atoms with Gasteiger partial charge in [-0.2, -0.15) is 0 Å². The molecule has 1 unspecified atom stereocenters. The van der Waals surface area contributed by atoms with Crippen LogP contribution in [-0.2, 0) is 0 Å². The van der Waals surface area contributed by atoms with Crippen LogP contribution < -0.4 is 5.32 Å². The molecule has 3 nitrogen and oxygen atoms in total. The standard InChI is InChI=1S/C15H19N3/c1-3-12(10-16-2)13-6-8-18-15(9-13)14-5-4-7-17-11-14/h3-7,10-11,15,18H,8-9H2,1-2H3/b12-3+,16-10?. The van der Waals surface area contributed by atoms with Gasteiger partial charge in [0.2, 0.25) is 0 Å². The van der Waals surface area contributed by atoms with Crippen LogP contribution >= 0.6 is 0 Å². The molecule has 18 heavy (non-hydrogen) atoms. The van der Waals surface area contributed by atoms with E-state index in [9.17, 15) is 0 Å². The predicted molar refractivity (Wildman–Crippen MR) is 75.9 cm³/mol. The van der Waals surface area contributed by atoms with Crippen molar-refractivity contribution in [1.29, 1.82) is 0 Å². The minimum absolute atomic E-state index is 0.346. The van der Waals surface area contributed by atoms with Crippen molar-refractivity contribution in [3.63, 3.8) is 0 Å². The van der Waals surface area contributed by atoms with Crippen LogP contribution in [0.25, 0.3) is 0 Å².